The Morgan fingerprint density at radius 1 is 1.45 bits per heavy atom. The molecule has 1 nitrogen and oxygen atoms in total. The average molecular weight is 186 g/mol. The van der Waals surface area contributed by atoms with Crippen LogP contribution >= 0.6 is 0 Å². The van der Waals surface area contributed by atoms with E-state index in [1.807, 2.05) is 0 Å². The largest absolute Gasteiger partial charge is 0.335 e. The van der Waals surface area contributed by atoms with E-state index < -0.39 is 17.0 Å². The van der Waals surface area contributed by atoms with Crippen LogP contribution in [0.5, 0.6) is 0 Å². The van der Waals surface area contributed by atoms with E-state index in [2.05, 4.69) is 43.4 Å². The highest BCUT2D eigenvalue weighted by atomic mass is 28.3. The minimum absolute atomic E-state index is 0.415. The van der Waals surface area contributed by atoms with Crippen molar-refractivity contribution in [2.24, 2.45) is 0 Å². The van der Waals surface area contributed by atoms with Gasteiger partial charge in [-0.1, -0.05) is 31.9 Å². The number of hydrogen-bond donors (Lipinski definition) is 1. The monoisotopic (exact) mass is 186 g/mol. The predicted octanol–water partition coefficient (Wildman–Crippen LogP) is 2.26. The minimum Gasteiger partial charge on any atom is -0.335 e. The lowest BCUT2D eigenvalue weighted by Crippen LogP contribution is -2.34. The predicted molar refractivity (Wildman–Crippen MR) is 58.0 cm³/mol. The van der Waals surface area contributed by atoms with Crippen LogP contribution in [0.3, 0.4) is 0 Å². The Bertz CT molecular complexity index is 118. The SMILES string of the molecule is C=C[Si](C)NCC[Si](C)(C)C. The van der Waals surface area contributed by atoms with Crippen LogP contribution in [0.1, 0.15) is 0 Å². The standard InChI is InChI=1S/C8H20NSi2/c1-6-10(2)9-7-8-11(3,4)5/h6,9H,1,7-8H2,2-5H3. The maximum atomic E-state index is 3.77. The average Bonchev–Trinajstić information content (AvgIpc) is 1.85. The molecule has 3 heteroatoms. The minimum atomic E-state index is -0.817. The molecule has 65 valence electrons. The summed E-state index contributed by atoms with van der Waals surface area (Å²) < 4.78 is 0. The first-order valence-corrected chi connectivity index (χ1v) is 9.94. The fourth-order valence-electron chi connectivity index (χ4n) is 0.707. The van der Waals surface area contributed by atoms with Crippen LogP contribution in [-0.2, 0) is 0 Å². The first-order valence-electron chi connectivity index (χ1n) is 4.15. The maximum absolute atomic E-state index is 3.77. The quantitative estimate of drug-likeness (QED) is 0.650. The second-order valence-corrected chi connectivity index (χ2v) is 11.9. The van der Waals surface area contributed by atoms with E-state index in [1.54, 1.807) is 0 Å². The van der Waals surface area contributed by atoms with Crippen molar-refractivity contribution in [3.05, 3.63) is 12.3 Å². The molecule has 0 aromatic rings. The molecule has 0 aromatic heterocycles. The van der Waals surface area contributed by atoms with Gasteiger partial charge in [-0.15, -0.1) is 6.58 Å². The van der Waals surface area contributed by atoms with Crippen molar-refractivity contribution < 1.29 is 0 Å². The molecule has 0 aliphatic carbocycles. The molecule has 0 bridgehead atoms. The van der Waals surface area contributed by atoms with Crippen LogP contribution < -0.4 is 4.98 Å². The van der Waals surface area contributed by atoms with Crippen LogP contribution in [0.25, 0.3) is 0 Å². The van der Waals surface area contributed by atoms with E-state index in [0.29, 0.717) is 0 Å². The highest BCUT2D eigenvalue weighted by Gasteiger charge is 2.12. The zero-order valence-corrected chi connectivity index (χ0v) is 10.2. The second-order valence-electron chi connectivity index (χ2n) is 4.12. The molecule has 0 saturated carbocycles. The van der Waals surface area contributed by atoms with Crippen LogP contribution in [0.15, 0.2) is 12.3 Å². The van der Waals surface area contributed by atoms with Crippen LogP contribution in [0.4, 0.5) is 0 Å². The van der Waals surface area contributed by atoms with Crippen molar-refractivity contribution in [1.82, 2.24) is 4.98 Å². The van der Waals surface area contributed by atoms with Gasteiger partial charge in [0.15, 0.2) is 8.96 Å². The molecule has 0 aromatic carbocycles. The number of nitrogens with one attached hydrogen (secondary N) is 1. The van der Waals surface area contributed by atoms with Crippen molar-refractivity contribution >= 4 is 17.0 Å². The zero-order chi connectivity index (χ0) is 8.91. The molecular weight excluding hydrogens is 166 g/mol. The number of hydrogen-bond acceptors (Lipinski definition) is 1. The fraction of sp³-hybridized carbons (Fsp3) is 0.750. The van der Waals surface area contributed by atoms with Crippen LogP contribution in [0, 0.1) is 0 Å². The topological polar surface area (TPSA) is 12.0 Å². The third-order valence-electron chi connectivity index (χ3n) is 1.59. The summed E-state index contributed by atoms with van der Waals surface area (Å²) in [5.41, 5.74) is 2.05. The summed E-state index contributed by atoms with van der Waals surface area (Å²) in [4.78, 5) is 3.51. The molecule has 0 spiro atoms. The Hall–Kier alpha value is 0.134. The van der Waals surface area contributed by atoms with Gasteiger partial charge in [-0.25, -0.2) is 0 Å². The first-order chi connectivity index (χ1) is 4.95. The van der Waals surface area contributed by atoms with Crippen molar-refractivity contribution in [2.75, 3.05) is 6.54 Å². The van der Waals surface area contributed by atoms with Gasteiger partial charge in [-0.2, -0.15) is 0 Å². The third-order valence-corrected chi connectivity index (χ3v) is 4.76. The Morgan fingerprint density at radius 2 is 2.00 bits per heavy atom. The lowest BCUT2D eigenvalue weighted by atomic mass is 10.8. The molecule has 0 amide bonds. The van der Waals surface area contributed by atoms with Gasteiger partial charge in [0.05, 0.1) is 0 Å². The molecule has 0 saturated heterocycles. The van der Waals surface area contributed by atoms with Gasteiger partial charge in [0.25, 0.3) is 0 Å². The number of rotatable bonds is 5. The molecule has 0 aliphatic heterocycles. The van der Waals surface area contributed by atoms with Crippen molar-refractivity contribution in [3.8, 4) is 0 Å². The smallest absolute Gasteiger partial charge is 0.158 e. The molecule has 0 fully saturated rings. The van der Waals surface area contributed by atoms with E-state index in [9.17, 15) is 0 Å². The molecular formula is C8H20NSi2. The molecule has 0 unspecified atom stereocenters. The summed E-state index contributed by atoms with van der Waals surface area (Å²) in [5.74, 6) is 0. The molecule has 0 heterocycles. The Kier molecular flexibility index (Phi) is 4.96. The van der Waals surface area contributed by atoms with E-state index in [0.717, 1.165) is 0 Å². The van der Waals surface area contributed by atoms with Crippen molar-refractivity contribution in [1.29, 1.82) is 0 Å². The van der Waals surface area contributed by atoms with Crippen molar-refractivity contribution in [2.45, 2.75) is 32.2 Å². The molecule has 0 rings (SSSR count). The Morgan fingerprint density at radius 3 is 2.36 bits per heavy atom. The molecule has 0 atom stereocenters. The van der Waals surface area contributed by atoms with Gasteiger partial charge in [-0.05, 0) is 12.6 Å². The fourth-order valence-corrected chi connectivity index (χ4v) is 2.50. The lowest BCUT2D eigenvalue weighted by molar-refractivity contribution is 0.971. The Labute approximate surface area is 73.6 Å². The second kappa shape index (κ2) is 4.90. The summed E-state index contributed by atoms with van der Waals surface area (Å²) in [6.45, 7) is 14.4. The molecule has 11 heavy (non-hydrogen) atoms. The normalized spacial score (nSPS) is 12.1. The highest BCUT2D eigenvalue weighted by molar-refractivity contribution is 6.76. The summed E-state index contributed by atoms with van der Waals surface area (Å²) in [6.07, 6.45) is 0. The van der Waals surface area contributed by atoms with Crippen LogP contribution in [0.2, 0.25) is 32.2 Å². The van der Waals surface area contributed by atoms with Crippen LogP contribution in [-0.4, -0.2) is 23.6 Å². The van der Waals surface area contributed by atoms with Crippen molar-refractivity contribution in [3.63, 3.8) is 0 Å². The zero-order valence-electron chi connectivity index (χ0n) is 8.20. The van der Waals surface area contributed by atoms with Gasteiger partial charge >= 0.3 is 0 Å². The van der Waals surface area contributed by atoms with Gasteiger partial charge in [0.2, 0.25) is 0 Å². The van der Waals surface area contributed by atoms with E-state index in [-0.39, 0.29) is 0 Å². The van der Waals surface area contributed by atoms with E-state index >= 15 is 0 Å². The third kappa shape index (κ3) is 8.04. The maximum Gasteiger partial charge on any atom is 0.158 e. The summed E-state index contributed by atoms with van der Waals surface area (Å²) in [7, 11) is -1.23. The molecule has 0 aliphatic rings. The summed E-state index contributed by atoms with van der Waals surface area (Å²) >= 11 is 0. The Balaban J connectivity index is 3.35. The lowest BCUT2D eigenvalue weighted by Gasteiger charge is -2.16. The van der Waals surface area contributed by atoms with Gasteiger partial charge in [-0.3, -0.25) is 0 Å². The van der Waals surface area contributed by atoms with E-state index in [4.69, 9.17) is 0 Å². The summed E-state index contributed by atoms with van der Waals surface area (Å²) in [6, 6.07) is 1.38. The molecule has 1 N–H and O–H groups in total. The van der Waals surface area contributed by atoms with Gasteiger partial charge < -0.3 is 4.98 Å². The highest BCUT2D eigenvalue weighted by Crippen LogP contribution is 2.05. The van der Waals surface area contributed by atoms with Gasteiger partial charge in [0.1, 0.15) is 0 Å². The first kappa shape index (κ1) is 11.1. The molecule has 1 radical (unpaired) electrons. The summed E-state index contributed by atoms with van der Waals surface area (Å²) in [5, 5.41) is 0. The van der Waals surface area contributed by atoms with Gasteiger partial charge in [0, 0.05) is 8.07 Å². The van der Waals surface area contributed by atoms with E-state index in [1.165, 1.54) is 12.6 Å².